The number of rotatable bonds is 13. The smallest absolute Gasteiger partial charge is 0.142 e. The van der Waals surface area contributed by atoms with Crippen molar-refractivity contribution in [3.63, 3.8) is 0 Å². The van der Waals surface area contributed by atoms with Crippen LogP contribution in [0.5, 0.6) is 0 Å². The Labute approximate surface area is 119 Å². The first kappa shape index (κ1) is 18.4. The van der Waals surface area contributed by atoms with Gasteiger partial charge in [-0.2, -0.15) is 0 Å². The van der Waals surface area contributed by atoms with Gasteiger partial charge in [0.25, 0.3) is 0 Å². The van der Waals surface area contributed by atoms with Crippen LogP contribution in [0.15, 0.2) is 11.6 Å². The molecule has 0 aliphatic carbocycles. The predicted octanol–water partition coefficient (Wildman–Crippen LogP) is 4.80. The summed E-state index contributed by atoms with van der Waals surface area (Å²) < 4.78 is 0. The summed E-state index contributed by atoms with van der Waals surface area (Å²) in [5, 5.41) is 10.1. The Balaban J connectivity index is 3.88. The van der Waals surface area contributed by atoms with E-state index in [1.807, 2.05) is 0 Å². The summed E-state index contributed by atoms with van der Waals surface area (Å²) in [5.41, 5.74) is 0.933. The lowest BCUT2D eigenvalue weighted by molar-refractivity contribution is -0.104. The van der Waals surface area contributed by atoms with Crippen LogP contribution in [0, 0.1) is 0 Å². The number of hydrogen-bond acceptors (Lipinski definition) is 2. The topological polar surface area (TPSA) is 37.3 Å². The molecular formula is C17H32O2. The van der Waals surface area contributed by atoms with Gasteiger partial charge in [0.15, 0.2) is 0 Å². The first-order valence-corrected chi connectivity index (χ1v) is 8.08. The van der Waals surface area contributed by atoms with Crippen LogP contribution in [-0.2, 0) is 4.79 Å². The van der Waals surface area contributed by atoms with E-state index in [4.69, 9.17) is 0 Å². The summed E-state index contributed by atoms with van der Waals surface area (Å²) >= 11 is 0. The number of carbonyl (C=O) groups is 1. The minimum absolute atomic E-state index is 0.409. The Morgan fingerprint density at radius 1 is 0.947 bits per heavy atom. The fourth-order valence-electron chi connectivity index (χ4n) is 2.33. The van der Waals surface area contributed by atoms with Gasteiger partial charge < -0.3 is 5.11 Å². The van der Waals surface area contributed by atoms with Crippen molar-refractivity contribution in [2.75, 3.05) is 0 Å². The lowest BCUT2D eigenvalue weighted by atomic mass is 9.97. The minimum Gasteiger partial charge on any atom is -0.389 e. The first-order valence-electron chi connectivity index (χ1n) is 8.08. The normalized spacial score (nSPS) is 13.5. The van der Waals surface area contributed by atoms with E-state index < -0.39 is 6.10 Å². The Bertz CT molecular complexity index is 233. The number of allylic oxidation sites excluding steroid dienone is 1. The highest BCUT2D eigenvalue weighted by Gasteiger charge is 2.10. The van der Waals surface area contributed by atoms with Crippen LogP contribution < -0.4 is 0 Å². The standard InChI is InChI=1S/C17H32O2/c1-3-5-7-9-10-12-16(14-15-18)17(19)13-11-8-6-4-2/h14-15,17,19H,3-13H2,1-2H3/b16-14-. The fraction of sp³-hybridized carbons (Fsp3) is 0.824. The molecule has 0 spiro atoms. The molecule has 0 radical (unpaired) electrons. The first-order chi connectivity index (χ1) is 9.26. The number of aldehydes is 1. The Kier molecular flexibility index (Phi) is 13.3. The summed E-state index contributed by atoms with van der Waals surface area (Å²) in [5.74, 6) is 0. The molecule has 1 atom stereocenters. The van der Waals surface area contributed by atoms with Crippen LogP contribution in [0.1, 0.15) is 84.5 Å². The molecule has 19 heavy (non-hydrogen) atoms. The zero-order valence-corrected chi connectivity index (χ0v) is 12.9. The zero-order chi connectivity index (χ0) is 14.3. The number of aliphatic hydroxyl groups excluding tert-OH is 1. The van der Waals surface area contributed by atoms with Gasteiger partial charge >= 0.3 is 0 Å². The molecule has 0 amide bonds. The van der Waals surface area contributed by atoms with Crippen molar-refractivity contribution in [1.82, 2.24) is 0 Å². The second-order valence-electron chi connectivity index (χ2n) is 5.41. The highest BCUT2D eigenvalue weighted by atomic mass is 16.3. The van der Waals surface area contributed by atoms with Gasteiger partial charge in [-0.25, -0.2) is 0 Å². The molecular weight excluding hydrogens is 236 g/mol. The monoisotopic (exact) mass is 268 g/mol. The summed E-state index contributed by atoms with van der Waals surface area (Å²) in [6.45, 7) is 4.39. The van der Waals surface area contributed by atoms with Crippen molar-refractivity contribution in [3.8, 4) is 0 Å². The predicted molar refractivity (Wildman–Crippen MR) is 82.3 cm³/mol. The number of hydrogen-bond donors (Lipinski definition) is 1. The Hall–Kier alpha value is -0.630. The van der Waals surface area contributed by atoms with E-state index in [2.05, 4.69) is 13.8 Å². The van der Waals surface area contributed by atoms with Crippen LogP contribution in [-0.4, -0.2) is 17.5 Å². The molecule has 2 nitrogen and oxygen atoms in total. The van der Waals surface area contributed by atoms with Crippen LogP contribution in [0.3, 0.4) is 0 Å². The van der Waals surface area contributed by atoms with Crippen molar-refractivity contribution < 1.29 is 9.90 Å². The summed E-state index contributed by atoms with van der Waals surface area (Å²) in [6.07, 6.45) is 14.4. The molecule has 0 fully saturated rings. The highest BCUT2D eigenvalue weighted by molar-refractivity contribution is 5.66. The molecule has 1 unspecified atom stereocenters. The molecule has 112 valence electrons. The third kappa shape index (κ3) is 10.9. The quantitative estimate of drug-likeness (QED) is 0.296. The van der Waals surface area contributed by atoms with Crippen molar-refractivity contribution in [3.05, 3.63) is 11.6 Å². The van der Waals surface area contributed by atoms with Gasteiger partial charge in [-0.3, -0.25) is 4.79 Å². The molecule has 0 saturated carbocycles. The van der Waals surface area contributed by atoms with Gasteiger partial charge in [0.1, 0.15) is 6.29 Å². The molecule has 0 aliphatic rings. The number of carbonyl (C=O) groups excluding carboxylic acids is 1. The summed E-state index contributed by atoms with van der Waals surface area (Å²) in [4.78, 5) is 10.6. The molecule has 2 heteroatoms. The highest BCUT2D eigenvalue weighted by Crippen LogP contribution is 2.18. The second kappa shape index (κ2) is 13.8. The van der Waals surface area contributed by atoms with Crippen molar-refractivity contribution in [2.45, 2.75) is 90.6 Å². The molecule has 0 aliphatic heterocycles. The maximum Gasteiger partial charge on any atom is 0.142 e. The van der Waals surface area contributed by atoms with E-state index in [9.17, 15) is 9.90 Å². The molecule has 0 aromatic heterocycles. The van der Waals surface area contributed by atoms with E-state index in [-0.39, 0.29) is 0 Å². The average Bonchev–Trinajstić information content (AvgIpc) is 2.42. The molecule has 0 saturated heterocycles. The minimum atomic E-state index is -0.409. The van der Waals surface area contributed by atoms with Crippen molar-refractivity contribution in [1.29, 1.82) is 0 Å². The maximum absolute atomic E-state index is 10.6. The maximum atomic E-state index is 10.6. The average molecular weight is 268 g/mol. The number of aliphatic hydroxyl groups is 1. The Morgan fingerprint density at radius 2 is 1.53 bits per heavy atom. The largest absolute Gasteiger partial charge is 0.389 e. The SMILES string of the molecule is CCCCCCC/C(=C/C=O)C(O)CCCCCC. The third-order valence-corrected chi connectivity index (χ3v) is 3.61. The van der Waals surface area contributed by atoms with Gasteiger partial charge in [0, 0.05) is 0 Å². The van der Waals surface area contributed by atoms with E-state index in [0.717, 1.165) is 37.5 Å². The molecule has 0 rings (SSSR count). The van der Waals surface area contributed by atoms with E-state index in [1.165, 1.54) is 44.9 Å². The van der Waals surface area contributed by atoms with Crippen molar-refractivity contribution >= 4 is 6.29 Å². The molecule has 0 bridgehead atoms. The summed E-state index contributed by atoms with van der Waals surface area (Å²) in [6, 6.07) is 0. The van der Waals surface area contributed by atoms with Gasteiger partial charge in [0.2, 0.25) is 0 Å². The second-order valence-corrected chi connectivity index (χ2v) is 5.41. The molecule has 0 aromatic rings. The van der Waals surface area contributed by atoms with Crippen molar-refractivity contribution in [2.24, 2.45) is 0 Å². The number of unbranched alkanes of at least 4 members (excludes halogenated alkanes) is 7. The van der Waals surface area contributed by atoms with Crippen LogP contribution in [0.4, 0.5) is 0 Å². The fourth-order valence-corrected chi connectivity index (χ4v) is 2.33. The molecule has 0 aromatic carbocycles. The molecule has 0 heterocycles. The Morgan fingerprint density at radius 3 is 2.11 bits per heavy atom. The van der Waals surface area contributed by atoms with E-state index >= 15 is 0 Å². The van der Waals surface area contributed by atoms with E-state index in [1.54, 1.807) is 6.08 Å². The lowest BCUT2D eigenvalue weighted by Gasteiger charge is -2.14. The third-order valence-electron chi connectivity index (χ3n) is 3.61. The zero-order valence-electron chi connectivity index (χ0n) is 12.9. The van der Waals surface area contributed by atoms with E-state index in [0.29, 0.717) is 0 Å². The van der Waals surface area contributed by atoms with Crippen LogP contribution in [0.2, 0.25) is 0 Å². The van der Waals surface area contributed by atoms with Crippen LogP contribution in [0.25, 0.3) is 0 Å². The van der Waals surface area contributed by atoms with Gasteiger partial charge in [-0.05, 0) is 30.9 Å². The lowest BCUT2D eigenvalue weighted by Crippen LogP contribution is -2.11. The van der Waals surface area contributed by atoms with Crippen LogP contribution >= 0.6 is 0 Å². The van der Waals surface area contributed by atoms with Gasteiger partial charge in [-0.15, -0.1) is 0 Å². The summed E-state index contributed by atoms with van der Waals surface area (Å²) in [7, 11) is 0. The van der Waals surface area contributed by atoms with Gasteiger partial charge in [0.05, 0.1) is 6.10 Å². The molecule has 1 N–H and O–H groups in total. The van der Waals surface area contributed by atoms with Gasteiger partial charge in [-0.1, -0.05) is 65.2 Å².